The molecule has 1 aromatic rings. The normalized spacial score (nSPS) is 9.33. The molecule has 5 nitrogen and oxygen atoms in total. The van der Waals surface area contributed by atoms with E-state index in [0.29, 0.717) is 17.4 Å². The van der Waals surface area contributed by atoms with E-state index in [1.807, 2.05) is 0 Å². The van der Waals surface area contributed by atoms with Crippen LogP contribution in [0.4, 0.5) is 0 Å². The van der Waals surface area contributed by atoms with Crippen LogP contribution in [0.5, 0.6) is 5.75 Å². The van der Waals surface area contributed by atoms with Crippen LogP contribution in [0.25, 0.3) is 0 Å². The van der Waals surface area contributed by atoms with Crippen molar-refractivity contribution < 1.29 is 14.3 Å². The first-order valence-corrected chi connectivity index (χ1v) is 7.28. The van der Waals surface area contributed by atoms with Gasteiger partial charge in [-0.15, -0.1) is 0 Å². The Morgan fingerprint density at radius 3 is 2.83 bits per heavy atom. The number of amides is 1. The average Bonchev–Trinajstić information content (AvgIpc) is 2.34. The summed E-state index contributed by atoms with van der Waals surface area (Å²) in [5.74, 6) is -0.531. The SMILES string of the molecule is CC(=O)Oc1ccccc1C(=O)NCC[Se]C#N. The zero-order chi connectivity index (χ0) is 13.4. The Hall–Kier alpha value is -1.83. The summed E-state index contributed by atoms with van der Waals surface area (Å²) < 4.78 is 4.95. The number of rotatable bonds is 5. The molecular formula is C12H12N2O3Se. The molecule has 1 rings (SSSR count). The molecule has 0 fully saturated rings. The number of hydrogen-bond acceptors (Lipinski definition) is 4. The Morgan fingerprint density at radius 2 is 2.17 bits per heavy atom. The zero-order valence-electron chi connectivity index (χ0n) is 9.80. The molecule has 6 heteroatoms. The van der Waals surface area contributed by atoms with Gasteiger partial charge < -0.3 is 0 Å². The van der Waals surface area contributed by atoms with Crippen molar-refractivity contribution in [2.24, 2.45) is 0 Å². The number of carbonyl (C=O) groups excluding carboxylic acids is 2. The molecule has 1 aromatic carbocycles. The first-order chi connectivity index (χ1) is 8.65. The van der Waals surface area contributed by atoms with Crippen molar-refractivity contribution in [2.75, 3.05) is 6.54 Å². The Bertz CT molecular complexity index is 482. The average molecular weight is 311 g/mol. The third kappa shape index (κ3) is 4.58. The molecule has 0 radical (unpaired) electrons. The van der Waals surface area contributed by atoms with Crippen molar-refractivity contribution in [1.82, 2.24) is 5.32 Å². The molecule has 0 unspecified atom stereocenters. The minimum absolute atomic E-state index is 0.108. The predicted octanol–water partition coefficient (Wildman–Crippen LogP) is 0.945. The fourth-order valence-electron chi connectivity index (χ4n) is 1.25. The van der Waals surface area contributed by atoms with E-state index in [2.05, 4.69) is 10.3 Å². The summed E-state index contributed by atoms with van der Waals surface area (Å²) in [6.45, 7) is 1.73. The topological polar surface area (TPSA) is 79.2 Å². The second kappa shape index (κ2) is 7.49. The van der Waals surface area contributed by atoms with Crippen LogP contribution >= 0.6 is 0 Å². The van der Waals surface area contributed by atoms with Gasteiger partial charge >= 0.3 is 111 Å². The van der Waals surface area contributed by atoms with Crippen LogP contribution in [0, 0.1) is 10.2 Å². The number of para-hydroxylation sites is 1. The quantitative estimate of drug-likeness (QED) is 0.380. The first kappa shape index (κ1) is 14.2. The van der Waals surface area contributed by atoms with E-state index >= 15 is 0 Å². The molecule has 0 aliphatic carbocycles. The third-order valence-electron chi connectivity index (χ3n) is 1.94. The summed E-state index contributed by atoms with van der Waals surface area (Å²) >= 11 is -0.108. The Morgan fingerprint density at radius 1 is 1.44 bits per heavy atom. The molecule has 0 aliphatic heterocycles. The molecule has 0 saturated carbocycles. The van der Waals surface area contributed by atoms with E-state index in [9.17, 15) is 9.59 Å². The van der Waals surface area contributed by atoms with Crippen LogP contribution in [0.3, 0.4) is 0 Å². The van der Waals surface area contributed by atoms with E-state index < -0.39 is 5.97 Å². The van der Waals surface area contributed by atoms with Crippen LogP contribution in [-0.4, -0.2) is 33.4 Å². The van der Waals surface area contributed by atoms with Crippen LogP contribution in [0.1, 0.15) is 17.3 Å². The number of hydrogen-bond donors (Lipinski definition) is 1. The summed E-state index contributed by atoms with van der Waals surface area (Å²) in [6, 6.07) is 6.54. The van der Waals surface area contributed by atoms with Crippen molar-refractivity contribution in [3.8, 4) is 10.7 Å². The molecule has 94 valence electrons. The van der Waals surface area contributed by atoms with Gasteiger partial charge in [-0.05, 0) is 0 Å². The van der Waals surface area contributed by atoms with E-state index in [1.54, 1.807) is 24.3 Å². The summed E-state index contributed by atoms with van der Waals surface area (Å²) in [6.07, 6.45) is 0. The van der Waals surface area contributed by atoms with Crippen molar-refractivity contribution in [1.29, 1.82) is 5.26 Å². The maximum absolute atomic E-state index is 11.8. The molecule has 0 aromatic heterocycles. The van der Waals surface area contributed by atoms with Gasteiger partial charge in [0.25, 0.3) is 0 Å². The van der Waals surface area contributed by atoms with E-state index in [0.717, 1.165) is 0 Å². The molecule has 1 N–H and O–H groups in total. The van der Waals surface area contributed by atoms with E-state index in [-0.39, 0.29) is 26.6 Å². The van der Waals surface area contributed by atoms with Crippen LogP contribution in [-0.2, 0) is 4.79 Å². The van der Waals surface area contributed by atoms with Gasteiger partial charge in [-0.3, -0.25) is 0 Å². The fraction of sp³-hybridized carbons (Fsp3) is 0.250. The van der Waals surface area contributed by atoms with Gasteiger partial charge in [0.1, 0.15) is 0 Å². The van der Waals surface area contributed by atoms with Crippen LogP contribution in [0.2, 0.25) is 5.32 Å². The Kier molecular flexibility index (Phi) is 5.92. The zero-order valence-corrected chi connectivity index (χ0v) is 11.5. The number of esters is 1. The van der Waals surface area contributed by atoms with E-state index in [4.69, 9.17) is 10.00 Å². The molecule has 18 heavy (non-hydrogen) atoms. The first-order valence-electron chi connectivity index (χ1n) is 5.21. The number of nitrogens with one attached hydrogen (secondary N) is 1. The summed E-state index contributed by atoms with van der Waals surface area (Å²) in [5.41, 5.74) is 0.317. The second-order valence-corrected chi connectivity index (χ2v) is 5.13. The summed E-state index contributed by atoms with van der Waals surface area (Å²) in [4.78, 5) is 24.8. The van der Waals surface area contributed by atoms with Crippen LogP contribution < -0.4 is 10.1 Å². The fourth-order valence-corrected chi connectivity index (χ4v) is 1.87. The van der Waals surface area contributed by atoms with E-state index in [1.165, 1.54) is 6.92 Å². The molecule has 0 bridgehead atoms. The number of ether oxygens (including phenoxy) is 1. The summed E-state index contributed by atoms with van der Waals surface area (Å²) in [5, 5.41) is 11.7. The van der Waals surface area contributed by atoms with Gasteiger partial charge in [-0.2, -0.15) is 0 Å². The van der Waals surface area contributed by atoms with Gasteiger partial charge in [0.2, 0.25) is 0 Å². The molecule has 0 heterocycles. The minimum atomic E-state index is -0.469. The number of nitriles is 1. The molecular weight excluding hydrogens is 299 g/mol. The standard InChI is InChI=1S/C12H12N2O3Se/c1-9(15)17-11-5-3-2-4-10(11)12(16)14-6-7-18-8-13/h2-5H,6-7H2,1H3,(H,14,16). The molecule has 1 amide bonds. The molecule has 0 aliphatic rings. The van der Waals surface area contributed by atoms with Gasteiger partial charge in [0.15, 0.2) is 0 Å². The molecule has 0 spiro atoms. The van der Waals surface area contributed by atoms with Crippen molar-refractivity contribution in [2.45, 2.75) is 12.2 Å². The maximum atomic E-state index is 11.8. The number of carbonyl (C=O) groups is 2. The molecule has 0 atom stereocenters. The van der Waals surface area contributed by atoms with Gasteiger partial charge in [-0.25, -0.2) is 0 Å². The van der Waals surface area contributed by atoms with Gasteiger partial charge in [0.05, 0.1) is 0 Å². The van der Waals surface area contributed by atoms with Crippen molar-refractivity contribution in [3.05, 3.63) is 29.8 Å². The number of benzene rings is 1. The Balaban J connectivity index is 2.67. The van der Waals surface area contributed by atoms with Crippen molar-refractivity contribution >= 4 is 26.8 Å². The predicted molar refractivity (Wildman–Crippen MR) is 66.3 cm³/mol. The summed E-state index contributed by atoms with van der Waals surface area (Å²) in [7, 11) is 0. The Labute approximate surface area is 111 Å². The van der Waals surface area contributed by atoms with Gasteiger partial charge in [-0.1, -0.05) is 0 Å². The molecule has 0 saturated heterocycles. The second-order valence-electron chi connectivity index (χ2n) is 3.29. The van der Waals surface area contributed by atoms with Crippen molar-refractivity contribution in [3.63, 3.8) is 0 Å². The number of nitrogens with zero attached hydrogens (tertiary/aromatic N) is 1. The van der Waals surface area contributed by atoms with Gasteiger partial charge in [0, 0.05) is 0 Å². The van der Waals surface area contributed by atoms with Crippen LogP contribution in [0.15, 0.2) is 24.3 Å². The monoisotopic (exact) mass is 312 g/mol. The third-order valence-corrected chi connectivity index (χ3v) is 3.07.